The lowest BCUT2D eigenvalue weighted by atomic mass is 10.00. The molecule has 1 aromatic heterocycles. The van der Waals surface area contributed by atoms with Crippen LogP contribution in [0, 0.1) is 13.8 Å². The molecule has 0 aliphatic carbocycles. The van der Waals surface area contributed by atoms with E-state index in [1.54, 1.807) is 6.92 Å². The molecule has 2 saturated heterocycles. The minimum Gasteiger partial charge on any atom is -0.322 e. The highest BCUT2D eigenvalue weighted by Gasteiger charge is 2.47. The smallest absolute Gasteiger partial charge is 0.322 e. The van der Waals surface area contributed by atoms with Crippen LogP contribution >= 0.6 is 0 Å². The molecule has 9 heteroatoms. The molecule has 2 fully saturated rings. The molecule has 136 valence electrons. The predicted molar refractivity (Wildman–Crippen MR) is 89.4 cm³/mol. The number of hydrogen-bond donors (Lipinski definition) is 2. The quantitative estimate of drug-likeness (QED) is 0.736. The van der Waals surface area contributed by atoms with Crippen LogP contribution in [-0.2, 0) is 9.59 Å². The first-order valence-corrected chi connectivity index (χ1v) is 8.45. The molecule has 0 radical (unpaired) electrons. The lowest BCUT2D eigenvalue weighted by Crippen LogP contribution is -2.55. The zero-order valence-corrected chi connectivity index (χ0v) is 15.0. The van der Waals surface area contributed by atoms with Crippen LogP contribution in [0.5, 0.6) is 0 Å². The molecule has 3 heterocycles. The molecule has 9 nitrogen and oxygen atoms in total. The first-order valence-electron chi connectivity index (χ1n) is 8.45. The highest BCUT2D eigenvalue weighted by molar-refractivity contribution is 6.07. The molecule has 0 unspecified atom stereocenters. The third-order valence-electron chi connectivity index (χ3n) is 4.90. The number of hydrogen-bond acceptors (Lipinski definition) is 5. The molecule has 2 N–H and O–H groups in total. The van der Waals surface area contributed by atoms with Crippen molar-refractivity contribution >= 4 is 17.8 Å². The minimum absolute atomic E-state index is 0.135. The van der Waals surface area contributed by atoms with Gasteiger partial charge in [0.25, 0.3) is 11.8 Å². The van der Waals surface area contributed by atoms with E-state index in [2.05, 4.69) is 15.8 Å². The summed E-state index contributed by atoms with van der Waals surface area (Å²) in [6, 6.07) is 1.69. The van der Waals surface area contributed by atoms with Crippen molar-refractivity contribution in [1.82, 2.24) is 30.4 Å². The van der Waals surface area contributed by atoms with E-state index in [9.17, 15) is 14.4 Å². The Morgan fingerprint density at radius 2 is 2.08 bits per heavy atom. The van der Waals surface area contributed by atoms with E-state index in [0.717, 1.165) is 16.4 Å². The van der Waals surface area contributed by atoms with Gasteiger partial charge in [0, 0.05) is 18.8 Å². The Morgan fingerprint density at radius 3 is 2.60 bits per heavy atom. The van der Waals surface area contributed by atoms with Gasteiger partial charge < -0.3 is 5.32 Å². The SMILES string of the molecule is CC[C@@]1(C)NC(=O)N(NC(=O)CN2CC(n3nc(C)cc3C)C2)C1=O. The summed E-state index contributed by atoms with van der Waals surface area (Å²) >= 11 is 0. The van der Waals surface area contributed by atoms with Crippen LogP contribution in [0.1, 0.15) is 37.7 Å². The van der Waals surface area contributed by atoms with Crippen molar-refractivity contribution in [3.63, 3.8) is 0 Å². The third kappa shape index (κ3) is 3.11. The summed E-state index contributed by atoms with van der Waals surface area (Å²) in [4.78, 5) is 38.3. The van der Waals surface area contributed by atoms with Crippen LogP contribution in [0.2, 0.25) is 0 Å². The van der Waals surface area contributed by atoms with E-state index < -0.39 is 17.5 Å². The average molecular weight is 348 g/mol. The van der Waals surface area contributed by atoms with Gasteiger partial charge in [-0.3, -0.25) is 24.6 Å². The van der Waals surface area contributed by atoms with Gasteiger partial charge in [-0.25, -0.2) is 4.79 Å². The lowest BCUT2D eigenvalue weighted by Gasteiger charge is -2.39. The Kier molecular flexibility index (Phi) is 4.28. The molecule has 1 atom stereocenters. The van der Waals surface area contributed by atoms with Crippen LogP contribution in [0.15, 0.2) is 6.07 Å². The van der Waals surface area contributed by atoms with Gasteiger partial charge >= 0.3 is 6.03 Å². The van der Waals surface area contributed by atoms with Gasteiger partial charge in [-0.05, 0) is 33.3 Å². The summed E-state index contributed by atoms with van der Waals surface area (Å²) in [5.41, 5.74) is 3.53. The van der Waals surface area contributed by atoms with Crippen LogP contribution < -0.4 is 10.7 Å². The standard InChI is InChI=1S/C16H24N6O3/c1-5-16(4)14(24)22(15(25)17-16)19-13(23)9-20-7-12(8-20)21-11(3)6-10(2)18-21/h6,12H,5,7-9H2,1-4H3,(H,17,25)(H,19,23)/t16-/m1/s1. The van der Waals surface area contributed by atoms with Gasteiger partial charge in [0.1, 0.15) is 5.54 Å². The van der Waals surface area contributed by atoms with Gasteiger partial charge in [-0.15, -0.1) is 0 Å². The van der Waals surface area contributed by atoms with Crippen LogP contribution in [-0.4, -0.2) is 62.7 Å². The first kappa shape index (κ1) is 17.4. The second kappa shape index (κ2) is 6.14. The van der Waals surface area contributed by atoms with Crippen molar-refractivity contribution in [3.8, 4) is 0 Å². The second-order valence-electron chi connectivity index (χ2n) is 7.01. The topological polar surface area (TPSA) is 99.6 Å². The van der Waals surface area contributed by atoms with E-state index in [1.165, 1.54) is 0 Å². The Labute approximate surface area is 146 Å². The maximum Gasteiger partial charge on any atom is 0.344 e. The summed E-state index contributed by atoms with van der Waals surface area (Å²) in [6.07, 6.45) is 0.459. The molecular weight excluding hydrogens is 324 g/mol. The van der Waals surface area contributed by atoms with Gasteiger partial charge in [0.2, 0.25) is 0 Å². The fraction of sp³-hybridized carbons (Fsp3) is 0.625. The maximum absolute atomic E-state index is 12.3. The number of aromatic nitrogens is 2. The number of nitrogens with one attached hydrogen (secondary N) is 2. The van der Waals surface area contributed by atoms with E-state index in [-0.39, 0.29) is 18.5 Å². The Balaban J connectivity index is 1.51. The van der Waals surface area contributed by atoms with Gasteiger partial charge in [0.15, 0.2) is 0 Å². The van der Waals surface area contributed by atoms with E-state index in [4.69, 9.17) is 0 Å². The normalized spacial score (nSPS) is 24.4. The van der Waals surface area contributed by atoms with E-state index >= 15 is 0 Å². The van der Waals surface area contributed by atoms with Gasteiger partial charge in [-0.1, -0.05) is 6.92 Å². The summed E-state index contributed by atoms with van der Waals surface area (Å²) in [6.45, 7) is 8.98. The van der Waals surface area contributed by atoms with Crippen LogP contribution in [0.25, 0.3) is 0 Å². The summed E-state index contributed by atoms with van der Waals surface area (Å²) in [5, 5.41) is 7.84. The molecule has 0 aromatic carbocycles. The van der Waals surface area contributed by atoms with Crippen molar-refractivity contribution < 1.29 is 14.4 Å². The number of rotatable bonds is 5. The van der Waals surface area contributed by atoms with Crippen molar-refractivity contribution in [2.45, 2.75) is 45.7 Å². The number of amides is 4. The first-order chi connectivity index (χ1) is 11.7. The highest BCUT2D eigenvalue weighted by Crippen LogP contribution is 2.22. The molecule has 3 rings (SSSR count). The minimum atomic E-state index is -0.957. The number of hydrazine groups is 1. The molecular formula is C16H24N6O3. The average Bonchev–Trinajstić information content (AvgIpc) is 2.94. The number of carbonyl (C=O) groups is 3. The third-order valence-corrected chi connectivity index (χ3v) is 4.90. The van der Waals surface area contributed by atoms with Crippen molar-refractivity contribution in [2.75, 3.05) is 19.6 Å². The molecule has 0 saturated carbocycles. The lowest BCUT2D eigenvalue weighted by molar-refractivity contribution is -0.139. The number of urea groups is 1. The number of aryl methyl sites for hydroxylation is 2. The summed E-state index contributed by atoms with van der Waals surface area (Å²) in [5.74, 6) is -0.812. The van der Waals surface area contributed by atoms with Crippen LogP contribution in [0.3, 0.4) is 0 Å². The molecule has 2 aliphatic heterocycles. The van der Waals surface area contributed by atoms with Crippen molar-refractivity contribution in [2.24, 2.45) is 0 Å². The number of nitrogens with zero attached hydrogens (tertiary/aromatic N) is 4. The highest BCUT2D eigenvalue weighted by atomic mass is 16.2. The Bertz CT molecular complexity index is 723. The molecule has 1 aromatic rings. The molecule has 0 bridgehead atoms. The van der Waals surface area contributed by atoms with Gasteiger partial charge in [-0.2, -0.15) is 10.1 Å². The number of imide groups is 1. The Hall–Kier alpha value is -2.42. The molecule has 4 amide bonds. The number of carbonyl (C=O) groups excluding carboxylic acids is 3. The van der Waals surface area contributed by atoms with Crippen LogP contribution in [0.4, 0.5) is 4.79 Å². The monoisotopic (exact) mass is 348 g/mol. The maximum atomic E-state index is 12.3. The van der Waals surface area contributed by atoms with Crippen molar-refractivity contribution in [3.05, 3.63) is 17.5 Å². The zero-order chi connectivity index (χ0) is 18.4. The van der Waals surface area contributed by atoms with Crippen molar-refractivity contribution in [1.29, 1.82) is 0 Å². The molecule has 2 aliphatic rings. The largest absolute Gasteiger partial charge is 0.344 e. The Morgan fingerprint density at radius 1 is 1.40 bits per heavy atom. The van der Waals surface area contributed by atoms with E-state index in [0.29, 0.717) is 19.5 Å². The van der Waals surface area contributed by atoms with E-state index in [1.807, 2.05) is 36.4 Å². The fourth-order valence-corrected chi connectivity index (χ4v) is 3.23. The fourth-order valence-electron chi connectivity index (χ4n) is 3.23. The summed E-state index contributed by atoms with van der Waals surface area (Å²) < 4.78 is 1.98. The molecule has 0 spiro atoms. The predicted octanol–water partition coefficient (Wildman–Crippen LogP) is 0.108. The summed E-state index contributed by atoms with van der Waals surface area (Å²) in [7, 11) is 0. The number of likely N-dealkylation sites (tertiary alicyclic amines) is 1. The molecule has 25 heavy (non-hydrogen) atoms. The second-order valence-corrected chi connectivity index (χ2v) is 7.01. The zero-order valence-electron chi connectivity index (χ0n) is 15.0. The van der Waals surface area contributed by atoms with Gasteiger partial charge in [0.05, 0.1) is 18.3 Å².